The number of aliphatic hydroxyl groups excluding tert-OH is 1. The predicted molar refractivity (Wildman–Crippen MR) is 102 cm³/mol. The predicted octanol–water partition coefficient (Wildman–Crippen LogP) is 4.91. The van der Waals surface area contributed by atoms with Crippen molar-refractivity contribution >= 4 is 17.9 Å². The minimum absolute atomic E-state index is 0.0880. The summed E-state index contributed by atoms with van der Waals surface area (Å²) in [5.41, 5.74) is 2.72. The first-order chi connectivity index (χ1) is 12.7. The van der Waals surface area contributed by atoms with E-state index < -0.39 is 6.67 Å². The van der Waals surface area contributed by atoms with Gasteiger partial charge in [0.1, 0.15) is 12.4 Å². The monoisotopic (exact) mass is 352 g/mol. The Morgan fingerprint density at radius 2 is 1.62 bits per heavy atom. The van der Waals surface area contributed by atoms with Gasteiger partial charge in [-0.2, -0.15) is 0 Å². The molecule has 1 N–H and O–H groups in total. The number of hydrogen-bond donors (Lipinski definition) is 1. The van der Waals surface area contributed by atoms with Crippen molar-refractivity contribution in [3.8, 4) is 0 Å². The number of aliphatic hydroxyl groups is 1. The molecule has 0 aliphatic carbocycles. The van der Waals surface area contributed by atoms with E-state index in [0.29, 0.717) is 6.61 Å². The van der Waals surface area contributed by atoms with E-state index in [1.54, 1.807) is 12.2 Å². The van der Waals surface area contributed by atoms with Crippen LogP contribution in [0.25, 0.3) is 12.2 Å². The molecule has 0 fully saturated rings. The molecule has 0 unspecified atom stereocenters. The van der Waals surface area contributed by atoms with Crippen LogP contribution in [0.4, 0.5) is 4.39 Å². The van der Waals surface area contributed by atoms with Gasteiger partial charge >= 0.3 is 0 Å². The van der Waals surface area contributed by atoms with Gasteiger partial charge in [-0.15, -0.1) is 0 Å². The summed E-state index contributed by atoms with van der Waals surface area (Å²) in [5, 5.41) is 9.80. The van der Waals surface area contributed by atoms with Gasteiger partial charge in [0.2, 0.25) is 0 Å². The Morgan fingerprint density at radius 3 is 2.31 bits per heavy atom. The standard InChI is InChI=1S/C22H21FO3/c23-14-15-26-17-20-8-6-19(7-9-20)11-13-22(25)16-21(24)12-10-18-4-2-1-3-5-18/h1-13,16,24H,14-15,17H2/b12-10+,13-11+,21-16-. The molecule has 2 rings (SSSR count). The zero-order chi connectivity index (χ0) is 18.6. The molecule has 0 spiro atoms. The highest BCUT2D eigenvalue weighted by molar-refractivity contribution is 6.02. The van der Waals surface area contributed by atoms with Crippen LogP contribution in [-0.4, -0.2) is 24.2 Å². The first kappa shape index (κ1) is 19.3. The number of rotatable bonds is 9. The minimum Gasteiger partial charge on any atom is -0.508 e. The maximum Gasteiger partial charge on any atom is 0.182 e. The highest BCUT2D eigenvalue weighted by atomic mass is 19.1. The van der Waals surface area contributed by atoms with Crippen LogP contribution in [-0.2, 0) is 16.1 Å². The van der Waals surface area contributed by atoms with Gasteiger partial charge in [0.05, 0.1) is 13.2 Å². The van der Waals surface area contributed by atoms with Gasteiger partial charge in [-0.3, -0.25) is 4.79 Å². The van der Waals surface area contributed by atoms with Crippen LogP contribution in [0.5, 0.6) is 0 Å². The molecular formula is C22H21FO3. The zero-order valence-corrected chi connectivity index (χ0v) is 14.3. The second-order valence-corrected chi connectivity index (χ2v) is 5.53. The van der Waals surface area contributed by atoms with E-state index in [1.807, 2.05) is 54.6 Å². The van der Waals surface area contributed by atoms with Gasteiger partial charge in [0.25, 0.3) is 0 Å². The van der Waals surface area contributed by atoms with E-state index in [1.165, 1.54) is 12.2 Å². The molecule has 0 saturated carbocycles. The molecule has 0 amide bonds. The summed E-state index contributed by atoms with van der Waals surface area (Å²) in [6.45, 7) is -0.0499. The van der Waals surface area contributed by atoms with E-state index in [4.69, 9.17) is 4.74 Å². The number of carbonyl (C=O) groups excluding carboxylic acids is 1. The molecule has 0 saturated heterocycles. The number of halogens is 1. The molecular weight excluding hydrogens is 331 g/mol. The van der Waals surface area contributed by atoms with Crippen LogP contribution >= 0.6 is 0 Å². The SMILES string of the molecule is O=C(/C=C(O)/C=C/c1ccccc1)/C=C/c1ccc(COCCF)cc1. The molecule has 0 aliphatic rings. The van der Waals surface area contributed by atoms with Crippen LogP contribution in [0.2, 0.25) is 0 Å². The lowest BCUT2D eigenvalue weighted by molar-refractivity contribution is -0.110. The van der Waals surface area contributed by atoms with Crippen molar-refractivity contribution in [1.82, 2.24) is 0 Å². The molecule has 0 radical (unpaired) electrons. The number of carbonyl (C=O) groups is 1. The first-order valence-corrected chi connectivity index (χ1v) is 8.26. The maximum atomic E-state index is 12.0. The summed E-state index contributed by atoms with van der Waals surface area (Å²) in [6.07, 6.45) is 7.43. The summed E-state index contributed by atoms with van der Waals surface area (Å²) in [4.78, 5) is 11.9. The molecule has 3 nitrogen and oxygen atoms in total. The fourth-order valence-corrected chi connectivity index (χ4v) is 2.14. The fraction of sp³-hybridized carbons (Fsp3) is 0.136. The average Bonchev–Trinajstić information content (AvgIpc) is 2.67. The third-order valence-corrected chi connectivity index (χ3v) is 3.45. The summed E-state index contributed by atoms with van der Waals surface area (Å²) >= 11 is 0. The molecule has 26 heavy (non-hydrogen) atoms. The minimum atomic E-state index is -0.496. The van der Waals surface area contributed by atoms with Gasteiger partial charge in [-0.1, -0.05) is 66.7 Å². The van der Waals surface area contributed by atoms with Crippen molar-refractivity contribution in [3.05, 3.63) is 95.3 Å². The Kier molecular flexibility index (Phi) is 8.03. The quantitative estimate of drug-likeness (QED) is 0.302. The van der Waals surface area contributed by atoms with Gasteiger partial charge in [0, 0.05) is 6.08 Å². The van der Waals surface area contributed by atoms with E-state index in [0.717, 1.165) is 22.8 Å². The fourth-order valence-electron chi connectivity index (χ4n) is 2.14. The second-order valence-electron chi connectivity index (χ2n) is 5.53. The molecule has 2 aromatic carbocycles. The smallest absolute Gasteiger partial charge is 0.182 e. The highest BCUT2D eigenvalue weighted by Gasteiger charge is 1.96. The number of allylic oxidation sites excluding steroid dienone is 3. The van der Waals surface area contributed by atoms with Crippen LogP contribution in [0, 0.1) is 0 Å². The summed E-state index contributed by atoms with van der Waals surface area (Å²) in [6, 6.07) is 16.9. The molecule has 0 aromatic heterocycles. The highest BCUT2D eigenvalue weighted by Crippen LogP contribution is 2.08. The summed E-state index contributed by atoms with van der Waals surface area (Å²) in [7, 11) is 0. The molecule has 0 atom stereocenters. The topological polar surface area (TPSA) is 46.5 Å². The van der Waals surface area contributed by atoms with Crippen LogP contribution in [0.1, 0.15) is 16.7 Å². The largest absolute Gasteiger partial charge is 0.508 e. The molecule has 2 aromatic rings. The normalized spacial score (nSPS) is 12.1. The van der Waals surface area contributed by atoms with Gasteiger partial charge in [-0.05, 0) is 28.8 Å². The van der Waals surface area contributed by atoms with Crippen LogP contribution in [0.3, 0.4) is 0 Å². The Morgan fingerprint density at radius 1 is 0.962 bits per heavy atom. The van der Waals surface area contributed by atoms with E-state index in [9.17, 15) is 14.3 Å². The number of hydrogen-bond acceptors (Lipinski definition) is 3. The average molecular weight is 352 g/mol. The molecule has 4 heteroatoms. The van der Waals surface area contributed by atoms with E-state index >= 15 is 0 Å². The van der Waals surface area contributed by atoms with Crippen molar-refractivity contribution < 1.29 is 19.0 Å². The summed E-state index contributed by atoms with van der Waals surface area (Å²) < 4.78 is 17.1. The third-order valence-electron chi connectivity index (χ3n) is 3.45. The molecule has 134 valence electrons. The van der Waals surface area contributed by atoms with E-state index in [2.05, 4.69) is 0 Å². The number of alkyl halides is 1. The zero-order valence-electron chi connectivity index (χ0n) is 14.3. The number of ketones is 1. The Labute approximate surface area is 152 Å². The molecule has 0 aliphatic heterocycles. The van der Waals surface area contributed by atoms with Crippen molar-refractivity contribution in [1.29, 1.82) is 0 Å². The van der Waals surface area contributed by atoms with Gasteiger partial charge in [-0.25, -0.2) is 4.39 Å². The van der Waals surface area contributed by atoms with Crippen molar-refractivity contribution in [3.63, 3.8) is 0 Å². The first-order valence-electron chi connectivity index (χ1n) is 8.26. The lowest BCUT2D eigenvalue weighted by Crippen LogP contribution is -1.96. The van der Waals surface area contributed by atoms with Crippen molar-refractivity contribution in [2.24, 2.45) is 0 Å². The summed E-state index contributed by atoms with van der Waals surface area (Å²) in [5.74, 6) is -0.417. The Hall–Kier alpha value is -2.98. The Balaban J connectivity index is 1.88. The lowest BCUT2D eigenvalue weighted by Gasteiger charge is -2.02. The van der Waals surface area contributed by atoms with Crippen molar-refractivity contribution in [2.75, 3.05) is 13.3 Å². The van der Waals surface area contributed by atoms with E-state index in [-0.39, 0.29) is 18.1 Å². The van der Waals surface area contributed by atoms with Crippen LogP contribution < -0.4 is 0 Å². The third kappa shape index (κ3) is 7.28. The lowest BCUT2D eigenvalue weighted by atomic mass is 10.1. The van der Waals surface area contributed by atoms with Gasteiger partial charge in [0.15, 0.2) is 5.78 Å². The van der Waals surface area contributed by atoms with Gasteiger partial charge < -0.3 is 9.84 Å². The molecule has 0 bridgehead atoms. The maximum absolute atomic E-state index is 12.0. The molecule has 0 heterocycles. The van der Waals surface area contributed by atoms with Crippen molar-refractivity contribution in [2.45, 2.75) is 6.61 Å². The second kappa shape index (κ2) is 10.8. The van der Waals surface area contributed by atoms with Crippen LogP contribution in [0.15, 0.2) is 78.6 Å². The number of ether oxygens (including phenoxy) is 1. The Bertz CT molecular complexity index is 775. The number of benzene rings is 2.